The van der Waals surface area contributed by atoms with Gasteiger partial charge in [-0.2, -0.15) is 5.10 Å². The first kappa shape index (κ1) is 10.2. The third-order valence-electron chi connectivity index (χ3n) is 2.80. The molecule has 0 atom stereocenters. The molecule has 1 aliphatic carbocycles. The quantitative estimate of drug-likeness (QED) is 0.747. The van der Waals surface area contributed by atoms with E-state index in [1.165, 1.54) is 12.8 Å². The molecule has 0 radical (unpaired) electrons. The number of carbonyl (C=O) groups excluding carboxylic acids is 1. The van der Waals surface area contributed by atoms with Gasteiger partial charge in [0.05, 0.1) is 5.69 Å². The zero-order valence-corrected chi connectivity index (χ0v) is 9.53. The van der Waals surface area contributed by atoms with Gasteiger partial charge in [0.25, 0.3) is 5.91 Å². The molecule has 0 aliphatic heterocycles. The number of amides is 1. The lowest BCUT2D eigenvalue weighted by atomic mass is 10.3. The fourth-order valence-electron chi connectivity index (χ4n) is 1.78. The van der Waals surface area contributed by atoms with E-state index in [2.05, 4.69) is 5.10 Å². The second-order valence-electron chi connectivity index (χ2n) is 4.42. The minimum absolute atomic E-state index is 0.0741. The molecule has 1 aromatic heterocycles. The van der Waals surface area contributed by atoms with Crippen molar-refractivity contribution in [3.63, 3.8) is 0 Å². The van der Waals surface area contributed by atoms with Gasteiger partial charge in [0.1, 0.15) is 5.69 Å². The third-order valence-corrected chi connectivity index (χ3v) is 2.80. The molecule has 4 nitrogen and oxygen atoms in total. The normalized spacial score (nSPS) is 15.4. The van der Waals surface area contributed by atoms with Gasteiger partial charge in [-0.15, -0.1) is 0 Å². The van der Waals surface area contributed by atoms with E-state index in [1.54, 1.807) is 9.58 Å². The number of aryl methyl sites for hydroxylation is 2. The number of aromatic nitrogens is 2. The van der Waals surface area contributed by atoms with Crippen molar-refractivity contribution in [3.05, 3.63) is 17.5 Å². The largest absolute Gasteiger partial charge is 0.340 e. The van der Waals surface area contributed by atoms with Crippen LogP contribution in [0.4, 0.5) is 0 Å². The lowest BCUT2D eigenvalue weighted by Crippen LogP contribution is -2.30. The van der Waals surface area contributed by atoms with Crippen LogP contribution >= 0.6 is 0 Å². The molecule has 0 bridgehead atoms. The van der Waals surface area contributed by atoms with Crippen LogP contribution in [0.5, 0.6) is 0 Å². The molecule has 0 aromatic carbocycles. The van der Waals surface area contributed by atoms with Gasteiger partial charge < -0.3 is 4.90 Å². The first-order chi connectivity index (χ1) is 7.08. The van der Waals surface area contributed by atoms with Crippen LogP contribution in [0.15, 0.2) is 6.07 Å². The van der Waals surface area contributed by atoms with Crippen LogP contribution in [0, 0.1) is 12.8 Å². The Kier molecular flexibility index (Phi) is 2.50. The molecule has 0 N–H and O–H groups in total. The average Bonchev–Trinajstić information content (AvgIpc) is 2.90. The Hall–Kier alpha value is -1.32. The molecule has 1 heterocycles. The topological polar surface area (TPSA) is 38.1 Å². The van der Waals surface area contributed by atoms with Gasteiger partial charge in [0.15, 0.2) is 0 Å². The van der Waals surface area contributed by atoms with Crippen molar-refractivity contribution >= 4 is 5.91 Å². The predicted molar refractivity (Wildman–Crippen MR) is 57.6 cm³/mol. The van der Waals surface area contributed by atoms with Crippen LogP contribution in [0.1, 0.15) is 29.0 Å². The maximum atomic E-state index is 12.0. The maximum Gasteiger partial charge on any atom is 0.271 e. The Morgan fingerprint density at radius 2 is 2.33 bits per heavy atom. The second-order valence-corrected chi connectivity index (χ2v) is 4.42. The van der Waals surface area contributed by atoms with Crippen molar-refractivity contribution in [3.8, 4) is 0 Å². The molecular formula is C11H17N3O. The minimum atomic E-state index is 0.0741. The molecule has 1 aromatic rings. The van der Waals surface area contributed by atoms with E-state index in [4.69, 9.17) is 0 Å². The van der Waals surface area contributed by atoms with Crippen molar-refractivity contribution in [1.29, 1.82) is 0 Å². The SMILES string of the molecule is Cc1cc(C(=O)N(C)CC2CC2)n(C)n1. The van der Waals surface area contributed by atoms with Gasteiger partial charge in [-0.3, -0.25) is 9.48 Å². The second kappa shape index (κ2) is 3.68. The molecule has 82 valence electrons. The summed E-state index contributed by atoms with van der Waals surface area (Å²) < 4.78 is 1.65. The molecule has 1 fully saturated rings. The van der Waals surface area contributed by atoms with Gasteiger partial charge in [-0.25, -0.2) is 0 Å². The summed E-state index contributed by atoms with van der Waals surface area (Å²) in [6, 6.07) is 1.84. The van der Waals surface area contributed by atoms with Gasteiger partial charge in [0, 0.05) is 20.6 Å². The fourth-order valence-corrected chi connectivity index (χ4v) is 1.78. The standard InChI is InChI=1S/C11H17N3O/c1-8-6-10(14(3)12-8)11(15)13(2)7-9-4-5-9/h6,9H,4-5,7H2,1-3H3. The number of hydrogen-bond donors (Lipinski definition) is 0. The van der Waals surface area contributed by atoms with Crippen molar-refractivity contribution in [2.45, 2.75) is 19.8 Å². The van der Waals surface area contributed by atoms with Crippen molar-refractivity contribution < 1.29 is 4.79 Å². The summed E-state index contributed by atoms with van der Waals surface area (Å²) in [5, 5.41) is 4.18. The Balaban J connectivity index is 2.08. The highest BCUT2D eigenvalue weighted by molar-refractivity contribution is 5.92. The number of hydrogen-bond acceptors (Lipinski definition) is 2. The lowest BCUT2D eigenvalue weighted by molar-refractivity contribution is 0.0778. The third kappa shape index (κ3) is 2.19. The van der Waals surface area contributed by atoms with Crippen LogP contribution in [-0.4, -0.2) is 34.2 Å². The Morgan fingerprint density at radius 1 is 1.67 bits per heavy atom. The van der Waals surface area contributed by atoms with Crippen molar-refractivity contribution in [1.82, 2.24) is 14.7 Å². The highest BCUT2D eigenvalue weighted by atomic mass is 16.2. The van der Waals surface area contributed by atoms with E-state index in [1.807, 2.05) is 27.1 Å². The van der Waals surface area contributed by atoms with Crippen LogP contribution < -0.4 is 0 Å². The lowest BCUT2D eigenvalue weighted by Gasteiger charge is -2.16. The zero-order valence-electron chi connectivity index (χ0n) is 9.53. The summed E-state index contributed by atoms with van der Waals surface area (Å²) in [6.07, 6.45) is 2.53. The average molecular weight is 207 g/mol. The van der Waals surface area contributed by atoms with Crippen molar-refractivity contribution in [2.24, 2.45) is 13.0 Å². The van der Waals surface area contributed by atoms with Gasteiger partial charge in [-0.1, -0.05) is 0 Å². The van der Waals surface area contributed by atoms with E-state index in [9.17, 15) is 4.79 Å². The highest BCUT2D eigenvalue weighted by Crippen LogP contribution is 2.29. The molecule has 0 saturated heterocycles. The summed E-state index contributed by atoms with van der Waals surface area (Å²) in [5.41, 5.74) is 1.57. The van der Waals surface area contributed by atoms with Gasteiger partial charge in [0.2, 0.25) is 0 Å². The monoisotopic (exact) mass is 207 g/mol. The molecule has 0 unspecified atom stereocenters. The van der Waals surface area contributed by atoms with E-state index in [0.717, 1.165) is 18.2 Å². The van der Waals surface area contributed by atoms with E-state index >= 15 is 0 Å². The van der Waals surface area contributed by atoms with Crippen LogP contribution in [0.3, 0.4) is 0 Å². The summed E-state index contributed by atoms with van der Waals surface area (Å²) in [5.74, 6) is 0.804. The molecule has 0 spiro atoms. The van der Waals surface area contributed by atoms with Gasteiger partial charge in [-0.05, 0) is 31.7 Å². The molecular weight excluding hydrogens is 190 g/mol. The smallest absolute Gasteiger partial charge is 0.271 e. The van der Waals surface area contributed by atoms with E-state index < -0.39 is 0 Å². The predicted octanol–water partition coefficient (Wildman–Crippen LogP) is 1.21. The van der Waals surface area contributed by atoms with Gasteiger partial charge >= 0.3 is 0 Å². The van der Waals surface area contributed by atoms with Crippen LogP contribution in [-0.2, 0) is 7.05 Å². The maximum absolute atomic E-state index is 12.0. The summed E-state index contributed by atoms with van der Waals surface area (Å²) in [7, 11) is 3.67. The summed E-state index contributed by atoms with van der Waals surface area (Å²) in [6.45, 7) is 2.78. The van der Waals surface area contributed by atoms with E-state index in [0.29, 0.717) is 5.69 Å². The molecule has 2 rings (SSSR count). The first-order valence-corrected chi connectivity index (χ1v) is 5.34. The first-order valence-electron chi connectivity index (χ1n) is 5.34. The van der Waals surface area contributed by atoms with Crippen LogP contribution in [0.2, 0.25) is 0 Å². The molecule has 15 heavy (non-hydrogen) atoms. The summed E-state index contributed by atoms with van der Waals surface area (Å²) in [4.78, 5) is 13.8. The molecule has 1 aliphatic rings. The zero-order chi connectivity index (χ0) is 11.0. The minimum Gasteiger partial charge on any atom is -0.340 e. The Bertz CT molecular complexity index is 379. The number of carbonyl (C=O) groups is 1. The number of rotatable bonds is 3. The highest BCUT2D eigenvalue weighted by Gasteiger charge is 2.26. The molecule has 1 saturated carbocycles. The Labute approximate surface area is 89.9 Å². The van der Waals surface area contributed by atoms with E-state index in [-0.39, 0.29) is 5.91 Å². The Morgan fingerprint density at radius 3 is 2.80 bits per heavy atom. The van der Waals surface area contributed by atoms with Crippen LogP contribution in [0.25, 0.3) is 0 Å². The molecule has 4 heteroatoms. The fraction of sp³-hybridized carbons (Fsp3) is 0.636. The number of nitrogens with zero attached hydrogens (tertiary/aromatic N) is 3. The summed E-state index contributed by atoms with van der Waals surface area (Å²) >= 11 is 0. The molecule has 1 amide bonds. The van der Waals surface area contributed by atoms with Crippen molar-refractivity contribution in [2.75, 3.05) is 13.6 Å².